The number of nitrogens with two attached hydrogens (primary N) is 1. The Balaban J connectivity index is 2.60. The zero-order valence-corrected chi connectivity index (χ0v) is 12.2. The van der Waals surface area contributed by atoms with Gasteiger partial charge in [-0.2, -0.15) is 0 Å². The number of halogens is 1. The molecular formula is C13H18ClN3O3. The SMILES string of the molecule is CC(C)N(CC(N)=NO)C(=O)COc1ccc(Cl)cc1. The second-order valence-corrected chi connectivity index (χ2v) is 4.89. The third kappa shape index (κ3) is 4.97. The number of amides is 1. The van der Waals surface area contributed by atoms with Crippen molar-refractivity contribution >= 4 is 23.3 Å². The number of carbonyl (C=O) groups excluding carboxylic acids is 1. The molecule has 1 rings (SSSR count). The summed E-state index contributed by atoms with van der Waals surface area (Å²) in [6.45, 7) is 3.60. The van der Waals surface area contributed by atoms with E-state index in [0.29, 0.717) is 10.8 Å². The maximum Gasteiger partial charge on any atom is 0.261 e. The Hall–Kier alpha value is -1.95. The lowest BCUT2D eigenvalue weighted by atomic mass is 10.3. The van der Waals surface area contributed by atoms with Gasteiger partial charge in [0, 0.05) is 11.1 Å². The standard InChI is InChI=1S/C13H18ClN3O3/c1-9(2)17(7-12(15)16-19)13(18)8-20-11-5-3-10(14)4-6-11/h3-6,9,19H,7-8H2,1-2H3,(H2,15,16). The number of ether oxygens (including phenoxy) is 1. The van der Waals surface area contributed by atoms with Crippen LogP contribution in [0.1, 0.15) is 13.8 Å². The summed E-state index contributed by atoms with van der Waals surface area (Å²) in [6, 6.07) is 6.63. The molecule has 20 heavy (non-hydrogen) atoms. The Morgan fingerprint density at radius 3 is 2.55 bits per heavy atom. The van der Waals surface area contributed by atoms with Gasteiger partial charge in [0.1, 0.15) is 5.75 Å². The predicted octanol–water partition coefficient (Wildman–Crippen LogP) is 1.70. The second-order valence-electron chi connectivity index (χ2n) is 4.45. The highest BCUT2D eigenvalue weighted by Gasteiger charge is 2.18. The Morgan fingerprint density at radius 2 is 2.05 bits per heavy atom. The minimum Gasteiger partial charge on any atom is -0.484 e. The summed E-state index contributed by atoms with van der Waals surface area (Å²) in [7, 11) is 0. The molecule has 0 fully saturated rings. The van der Waals surface area contributed by atoms with Crippen LogP contribution in [0.25, 0.3) is 0 Å². The van der Waals surface area contributed by atoms with Gasteiger partial charge in [-0.05, 0) is 38.1 Å². The number of nitrogens with zero attached hydrogens (tertiary/aromatic N) is 2. The lowest BCUT2D eigenvalue weighted by Crippen LogP contribution is -2.45. The molecule has 0 aliphatic rings. The van der Waals surface area contributed by atoms with Crippen LogP contribution in [0.3, 0.4) is 0 Å². The molecule has 1 amide bonds. The third-order valence-corrected chi connectivity index (χ3v) is 2.83. The minimum atomic E-state index is -0.249. The highest BCUT2D eigenvalue weighted by atomic mass is 35.5. The lowest BCUT2D eigenvalue weighted by molar-refractivity contribution is -0.134. The van der Waals surface area contributed by atoms with E-state index < -0.39 is 0 Å². The van der Waals surface area contributed by atoms with Gasteiger partial charge in [-0.1, -0.05) is 16.8 Å². The summed E-state index contributed by atoms with van der Waals surface area (Å²) in [5.41, 5.74) is 5.42. The molecule has 0 bridgehead atoms. The first-order valence-corrected chi connectivity index (χ1v) is 6.46. The smallest absolute Gasteiger partial charge is 0.261 e. The Kier molecular flexibility index (Phi) is 6.11. The zero-order chi connectivity index (χ0) is 15.1. The minimum absolute atomic E-state index is 0.0291. The van der Waals surface area contributed by atoms with Crippen molar-refractivity contribution in [2.75, 3.05) is 13.2 Å². The van der Waals surface area contributed by atoms with E-state index in [-0.39, 0.29) is 30.9 Å². The molecule has 7 heteroatoms. The largest absolute Gasteiger partial charge is 0.484 e. The lowest BCUT2D eigenvalue weighted by Gasteiger charge is -2.26. The second kappa shape index (κ2) is 7.59. The van der Waals surface area contributed by atoms with Crippen molar-refractivity contribution < 1.29 is 14.7 Å². The molecule has 6 nitrogen and oxygen atoms in total. The van der Waals surface area contributed by atoms with Crippen LogP contribution in [0.4, 0.5) is 0 Å². The fourth-order valence-corrected chi connectivity index (χ4v) is 1.65. The van der Waals surface area contributed by atoms with Gasteiger partial charge < -0.3 is 20.6 Å². The predicted molar refractivity (Wildman–Crippen MR) is 77.2 cm³/mol. The van der Waals surface area contributed by atoms with Crippen molar-refractivity contribution in [2.45, 2.75) is 19.9 Å². The van der Waals surface area contributed by atoms with Crippen LogP contribution < -0.4 is 10.5 Å². The third-order valence-electron chi connectivity index (χ3n) is 2.58. The summed E-state index contributed by atoms with van der Waals surface area (Å²) in [5, 5.41) is 12.0. The van der Waals surface area contributed by atoms with Crippen molar-refractivity contribution in [1.29, 1.82) is 0 Å². The van der Waals surface area contributed by atoms with Gasteiger partial charge >= 0.3 is 0 Å². The number of hydrogen-bond donors (Lipinski definition) is 2. The molecule has 0 spiro atoms. The van der Waals surface area contributed by atoms with Crippen LogP contribution in [0, 0.1) is 0 Å². The van der Waals surface area contributed by atoms with Crippen LogP contribution in [0.2, 0.25) is 5.02 Å². The van der Waals surface area contributed by atoms with Crippen molar-refractivity contribution in [3.8, 4) is 5.75 Å². The number of rotatable bonds is 6. The van der Waals surface area contributed by atoms with Gasteiger partial charge in [0.25, 0.3) is 5.91 Å². The molecule has 0 aromatic heterocycles. The van der Waals surface area contributed by atoms with Crippen LogP contribution in [-0.4, -0.2) is 41.0 Å². The number of hydrogen-bond acceptors (Lipinski definition) is 4. The first-order valence-electron chi connectivity index (χ1n) is 6.08. The van der Waals surface area contributed by atoms with E-state index in [0.717, 1.165) is 0 Å². The van der Waals surface area contributed by atoms with Gasteiger partial charge in [-0.15, -0.1) is 0 Å². The maximum atomic E-state index is 12.1. The molecule has 0 aliphatic heterocycles. The number of amidine groups is 1. The van der Waals surface area contributed by atoms with Crippen LogP contribution >= 0.6 is 11.6 Å². The van der Waals surface area contributed by atoms with E-state index in [9.17, 15) is 4.79 Å². The first kappa shape index (κ1) is 16.1. The summed E-state index contributed by atoms with van der Waals surface area (Å²) in [5.74, 6) is 0.273. The normalized spacial score (nSPS) is 11.5. The fourth-order valence-electron chi connectivity index (χ4n) is 1.52. The molecule has 0 saturated heterocycles. The molecule has 0 radical (unpaired) electrons. The Labute approximate surface area is 122 Å². The fraction of sp³-hybridized carbons (Fsp3) is 0.385. The van der Waals surface area contributed by atoms with E-state index in [2.05, 4.69) is 5.16 Å². The summed E-state index contributed by atoms with van der Waals surface area (Å²) in [6.07, 6.45) is 0. The molecular weight excluding hydrogens is 282 g/mol. The van der Waals surface area contributed by atoms with Crippen LogP contribution in [-0.2, 0) is 4.79 Å². The highest BCUT2D eigenvalue weighted by Crippen LogP contribution is 2.15. The van der Waals surface area contributed by atoms with Crippen molar-refractivity contribution in [2.24, 2.45) is 10.9 Å². The number of oxime groups is 1. The Morgan fingerprint density at radius 1 is 1.45 bits per heavy atom. The number of benzene rings is 1. The Bertz CT molecular complexity index is 474. The number of carbonyl (C=O) groups is 1. The molecule has 0 atom stereocenters. The highest BCUT2D eigenvalue weighted by molar-refractivity contribution is 6.30. The van der Waals surface area contributed by atoms with E-state index in [1.54, 1.807) is 24.3 Å². The van der Waals surface area contributed by atoms with Crippen molar-refractivity contribution in [3.05, 3.63) is 29.3 Å². The summed E-state index contributed by atoms with van der Waals surface area (Å²) < 4.78 is 5.38. The molecule has 0 heterocycles. The van der Waals surface area contributed by atoms with Gasteiger partial charge in [0.05, 0.1) is 6.54 Å². The van der Waals surface area contributed by atoms with E-state index in [4.69, 9.17) is 27.3 Å². The van der Waals surface area contributed by atoms with E-state index >= 15 is 0 Å². The molecule has 3 N–H and O–H groups in total. The molecule has 1 aromatic rings. The average Bonchev–Trinajstić information content (AvgIpc) is 2.43. The first-order chi connectivity index (χ1) is 9.43. The van der Waals surface area contributed by atoms with Gasteiger partial charge in [-0.25, -0.2) is 0 Å². The quantitative estimate of drug-likeness (QED) is 0.362. The molecule has 0 unspecified atom stereocenters. The average molecular weight is 300 g/mol. The molecule has 1 aromatic carbocycles. The van der Waals surface area contributed by atoms with E-state index in [1.807, 2.05) is 13.8 Å². The summed E-state index contributed by atoms with van der Waals surface area (Å²) in [4.78, 5) is 13.5. The van der Waals surface area contributed by atoms with Gasteiger partial charge in [0.15, 0.2) is 12.4 Å². The zero-order valence-electron chi connectivity index (χ0n) is 11.4. The maximum absolute atomic E-state index is 12.1. The topological polar surface area (TPSA) is 88.1 Å². The molecule has 0 saturated carbocycles. The van der Waals surface area contributed by atoms with Crippen molar-refractivity contribution in [3.63, 3.8) is 0 Å². The molecule has 0 aliphatic carbocycles. The van der Waals surface area contributed by atoms with Gasteiger partial charge in [0.2, 0.25) is 0 Å². The monoisotopic (exact) mass is 299 g/mol. The summed E-state index contributed by atoms with van der Waals surface area (Å²) >= 11 is 5.76. The van der Waals surface area contributed by atoms with Crippen molar-refractivity contribution in [1.82, 2.24) is 4.90 Å². The van der Waals surface area contributed by atoms with E-state index in [1.165, 1.54) is 4.90 Å². The van der Waals surface area contributed by atoms with Crippen LogP contribution in [0.15, 0.2) is 29.4 Å². The molecule has 110 valence electrons. The van der Waals surface area contributed by atoms with Gasteiger partial charge in [-0.3, -0.25) is 4.79 Å². The van der Waals surface area contributed by atoms with Crippen LogP contribution in [0.5, 0.6) is 5.75 Å².